The van der Waals surface area contributed by atoms with Gasteiger partial charge in [-0.2, -0.15) is 0 Å². The average Bonchev–Trinajstić information content (AvgIpc) is 2.60. The molecule has 0 fully saturated rings. The Kier molecular flexibility index (Phi) is 6.46. The Morgan fingerprint density at radius 2 is 1.85 bits per heavy atom. The second-order valence-corrected chi connectivity index (χ2v) is 7.97. The first-order valence-corrected chi connectivity index (χ1v) is 9.82. The minimum atomic E-state index is -3.94. The quantitative estimate of drug-likeness (QED) is 0.505. The number of hydrogen-bond donors (Lipinski definition) is 2. The third kappa shape index (κ3) is 5.10. The third-order valence-corrected chi connectivity index (χ3v) is 5.24. The van der Waals surface area contributed by atoms with Crippen LogP contribution >= 0.6 is 15.9 Å². The van der Waals surface area contributed by atoms with Crippen LogP contribution in [-0.2, 0) is 16.6 Å². The number of rotatable bonds is 7. The summed E-state index contributed by atoms with van der Waals surface area (Å²) in [4.78, 5) is 21.7. The Morgan fingerprint density at radius 3 is 2.42 bits per heavy atom. The number of halogens is 1. The number of carbonyl (C=O) groups is 1. The number of carbonyl (C=O) groups excluding carboxylic acids is 1. The highest BCUT2D eigenvalue weighted by molar-refractivity contribution is 9.10. The molecular formula is C16H16BrN3O5S. The van der Waals surface area contributed by atoms with E-state index < -0.39 is 14.9 Å². The molecule has 8 nitrogen and oxygen atoms in total. The number of benzene rings is 2. The Hall–Kier alpha value is -2.30. The fourth-order valence-corrected chi connectivity index (χ4v) is 3.82. The monoisotopic (exact) mass is 441 g/mol. The van der Waals surface area contributed by atoms with Crippen molar-refractivity contribution in [3.8, 4) is 0 Å². The van der Waals surface area contributed by atoms with Gasteiger partial charge in [-0.25, -0.2) is 13.1 Å². The van der Waals surface area contributed by atoms with Crippen molar-refractivity contribution in [3.63, 3.8) is 0 Å². The van der Waals surface area contributed by atoms with Crippen molar-refractivity contribution < 1.29 is 18.1 Å². The van der Waals surface area contributed by atoms with Crippen molar-refractivity contribution in [2.45, 2.75) is 18.4 Å². The van der Waals surface area contributed by atoms with Crippen molar-refractivity contribution >= 4 is 37.5 Å². The maximum absolute atomic E-state index is 12.4. The third-order valence-electron chi connectivity index (χ3n) is 3.40. The Morgan fingerprint density at radius 1 is 1.19 bits per heavy atom. The zero-order valence-corrected chi connectivity index (χ0v) is 16.1. The van der Waals surface area contributed by atoms with E-state index in [1.54, 1.807) is 24.3 Å². The van der Waals surface area contributed by atoms with Gasteiger partial charge in [0.2, 0.25) is 10.0 Å². The maximum Gasteiger partial charge on any atom is 0.271 e. The summed E-state index contributed by atoms with van der Waals surface area (Å²) in [6.45, 7) is 2.31. The molecule has 0 heterocycles. The van der Waals surface area contributed by atoms with Crippen LogP contribution in [0.25, 0.3) is 0 Å². The number of amides is 1. The molecule has 0 aliphatic heterocycles. The lowest BCUT2D eigenvalue weighted by Gasteiger charge is -2.08. The van der Waals surface area contributed by atoms with Crippen LogP contribution in [0.2, 0.25) is 0 Å². The number of sulfonamides is 1. The lowest BCUT2D eigenvalue weighted by atomic mass is 10.1. The van der Waals surface area contributed by atoms with Gasteiger partial charge in [0.15, 0.2) is 0 Å². The van der Waals surface area contributed by atoms with E-state index in [0.29, 0.717) is 22.1 Å². The number of hydrogen-bond acceptors (Lipinski definition) is 5. The first kappa shape index (κ1) is 20.0. The molecule has 0 aliphatic carbocycles. The molecule has 0 aromatic heterocycles. The second kappa shape index (κ2) is 8.39. The minimum absolute atomic E-state index is 0.0156. The molecule has 1 amide bonds. The number of nitrogens with zero attached hydrogens (tertiary/aromatic N) is 1. The number of non-ortho nitro benzene ring substituents is 1. The van der Waals surface area contributed by atoms with Gasteiger partial charge in [-0.05, 0) is 30.7 Å². The van der Waals surface area contributed by atoms with E-state index >= 15 is 0 Å². The standard InChI is InChI=1S/C16H16BrN3O5S/c1-2-18-16(21)12-5-3-11(4-6-12)10-19-26(24,25)15-8-13(17)7-14(9-15)20(22)23/h3-9,19H,2,10H2,1H3,(H,18,21). The first-order chi connectivity index (χ1) is 12.2. The van der Waals surface area contributed by atoms with Gasteiger partial charge < -0.3 is 5.32 Å². The van der Waals surface area contributed by atoms with Crippen molar-refractivity contribution in [1.29, 1.82) is 0 Å². The maximum atomic E-state index is 12.4. The molecule has 0 spiro atoms. The topological polar surface area (TPSA) is 118 Å². The number of nitro benzene ring substituents is 1. The Bertz CT molecular complexity index is 929. The largest absolute Gasteiger partial charge is 0.352 e. The van der Waals surface area contributed by atoms with E-state index in [2.05, 4.69) is 26.0 Å². The molecule has 2 rings (SSSR count). The molecule has 0 unspecified atom stereocenters. The molecule has 26 heavy (non-hydrogen) atoms. The molecule has 2 aromatic rings. The van der Waals surface area contributed by atoms with Crippen LogP contribution < -0.4 is 10.0 Å². The van der Waals surface area contributed by atoms with Crippen molar-refractivity contribution in [3.05, 3.63) is 68.2 Å². The molecule has 0 atom stereocenters. The van der Waals surface area contributed by atoms with Crippen LogP contribution in [0.1, 0.15) is 22.8 Å². The van der Waals surface area contributed by atoms with Gasteiger partial charge in [0, 0.05) is 35.3 Å². The van der Waals surface area contributed by atoms with Crippen molar-refractivity contribution in [2.75, 3.05) is 6.54 Å². The smallest absolute Gasteiger partial charge is 0.271 e. The van der Waals surface area contributed by atoms with E-state index in [1.165, 1.54) is 12.1 Å². The fraction of sp³-hybridized carbons (Fsp3) is 0.188. The predicted molar refractivity (Wildman–Crippen MR) is 99.3 cm³/mol. The summed E-state index contributed by atoms with van der Waals surface area (Å²) in [5.74, 6) is -0.207. The zero-order chi connectivity index (χ0) is 19.3. The molecule has 2 aromatic carbocycles. The van der Waals surface area contributed by atoms with Crippen LogP contribution in [0.4, 0.5) is 5.69 Å². The van der Waals surface area contributed by atoms with Crippen LogP contribution in [0.3, 0.4) is 0 Å². The summed E-state index contributed by atoms with van der Waals surface area (Å²) >= 11 is 3.07. The fourth-order valence-electron chi connectivity index (χ4n) is 2.11. The molecule has 0 saturated carbocycles. The summed E-state index contributed by atoms with van der Waals surface area (Å²) in [6, 6.07) is 9.96. The van der Waals surface area contributed by atoms with Gasteiger partial charge in [-0.3, -0.25) is 14.9 Å². The lowest BCUT2D eigenvalue weighted by molar-refractivity contribution is -0.385. The highest BCUT2D eigenvalue weighted by Crippen LogP contribution is 2.24. The van der Waals surface area contributed by atoms with Crippen LogP contribution in [0, 0.1) is 10.1 Å². The molecule has 0 saturated heterocycles. The SMILES string of the molecule is CCNC(=O)c1ccc(CNS(=O)(=O)c2cc(Br)cc([N+](=O)[O-])c2)cc1. The van der Waals surface area contributed by atoms with E-state index in [0.717, 1.165) is 6.07 Å². The summed E-state index contributed by atoms with van der Waals surface area (Å²) in [7, 11) is -3.94. The first-order valence-electron chi connectivity index (χ1n) is 7.54. The van der Waals surface area contributed by atoms with Gasteiger partial charge in [-0.1, -0.05) is 28.1 Å². The molecule has 0 aliphatic rings. The zero-order valence-electron chi connectivity index (χ0n) is 13.7. The number of nitro groups is 1. The molecule has 2 N–H and O–H groups in total. The molecule has 10 heteroatoms. The van der Waals surface area contributed by atoms with E-state index in [1.807, 2.05) is 6.92 Å². The van der Waals surface area contributed by atoms with Gasteiger partial charge >= 0.3 is 0 Å². The van der Waals surface area contributed by atoms with E-state index in [-0.39, 0.29) is 23.0 Å². The van der Waals surface area contributed by atoms with Crippen LogP contribution in [-0.4, -0.2) is 25.8 Å². The predicted octanol–water partition coefficient (Wildman–Crippen LogP) is 2.59. The molecule has 0 bridgehead atoms. The highest BCUT2D eigenvalue weighted by atomic mass is 79.9. The Labute approximate surface area is 158 Å². The van der Waals surface area contributed by atoms with Gasteiger partial charge in [0.05, 0.1) is 9.82 Å². The summed E-state index contributed by atoms with van der Waals surface area (Å²) in [5, 5.41) is 13.6. The minimum Gasteiger partial charge on any atom is -0.352 e. The van der Waals surface area contributed by atoms with Crippen LogP contribution in [0.5, 0.6) is 0 Å². The second-order valence-electron chi connectivity index (χ2n) is 5.28. The highest BCUT2D eigenvalue weighted by Gasteiger charge is 2.19. The Balaban J connectivity index is 2.13. The van der Waals surface area contributed by atoms with E-state index in [9.17, 15) is 23.3 Å². The van der Waals surface area contributed by atoms with Crippen molar-refractivity contribution in [1.82, 2.24) is 10.0 Å². The average molecular weight is 442 g/mol. The van der Waals surface area contributed by atoms with Gasteiger partial charge in [0.1, 0.15) is 0 Å². The summed E-state index contributed by atoms with van der Waals surface area (Å²) < 4.78 is 27.4. The molecular weight excluding hydrogens is 426 g/mol. The lowest BCUT2D eigenvalue weighted by Crippen LogP contribution is -2.24. The summed E-state index contributed by atoms with van der Waals surface area (Å²) in [5.41, 5.74) is 0.790. The van der Waals surface area contributed by atoms with E-state index in [4.69, 9.17) is 0 Å². The summed E-state index contributed by atoms with van der Waals surface area (Å²) in [6.07, 6.45) is 0. The van der Waals surface area contributed by atoms with Crippen LogP contribution in [0.15, 0.2) is 51.8 Å². The normalized spacial score (nSPS) is 11.2. The van der Waals surface area contributed by atoms with Gasteiger partial charge in [0.25, 0.3) is 11.6 Å². The van der Waals surface area contributed by atoms with Crippen molar-refractivity contribution in [2.24, 2.45) is 0 Å². The molecule has 138 valence electrons. The number of nitrogens with one attached hydrogen (secondary N) is 2. The molecule has 0 radical (unpaired) electrons. The van der Waals surface area contributed by atoms with Gasteiger partial charge in [-0.15, -0.1) is 0 Å².